The summed E-state index contributed by atoms with van der Waals surface area (Å²) in [6.45, 7) is 9.03. The lowest BCUT2D eigenvalue weighted by Crippen LogP contribution is -2.41. The van der Waals surface area contributed by atoms with Gasteiger partial charge in [-0.3, -0.25) is 4.98 Å². The predicted octanol–water partition coefficient (Wildman–Crippen LogP) is 5.64. The third-order valence-corrected chi connectivity index (χ3v) is 7.90. The van der Waals surface area contributed by atoms with E-state index in [2.05, 4.69) is 91.9 Å². The normalized spacial score (nSPS) is 12.9. The zero-order valence-corrected chi connectivity index (χ0v) is 19.3. The lowest BCUT2D eigenvalue weighted by atomic mass is 9.41. The Morgan fingerprint density at radius 3 is 2.53 bits per heavy atom. The van der Waals surface area contributed by atoms with Gasteiger partial charge in [0.25, 0.3) is 0 Å². The van der Waals surface area contributed by atoms with E-state index in [0.29, 0.717) is 0 Å². The molecule has 0 atom stereocenters. The van der Waals surface area contributed by atoms with E-state index >= 15 is 0 Å². The van der Waals surface area contributed by atoms with Crippen LogP contribution in [0.3, 0.4) is 0 Å². The van der Waals surface area contributed by atoms with Crippen molar-refractivity contribution in [1.29, 1.82) is 0 Å². The molecule has 0 aliphatic carbocycles. The molecule has 0 saturated carbocycles. The SMILES string of the molecule is BC(B)(c1ccnc(-c2cccc3c2oc2cc4sc(C)cc4cc23)c1)C(C)(C)C. The zero-order chi connectivity index (χ0) is 21.3. The Morgan fingerprint density at radius 2 is 1.77 bits per heavy atom. The molecule has 0 fully saturated rings. The van der Waals surface area contributed by atoms with E-state index in [0.717, 1.165) is 27.8 Å². The van der Waals surface area contributed by atoms with Crippen LogP contribution in [0.1, 0.15) is 31.2 Å². The fourth-order valence-corrected chi connectivity index (χ4v) is 5.00. The standard InChI is InChI=1S/C25H25B2NOS/c1-14-10-15-11-19-17-6-5-7-18(23(17)29-21(19)13-22(15)30-14)20-12-16(8-9-28-20)25(26,27)24(2,3)4/h5-13H,26-27H2,1-4H3. The summed E-state index contributed by atoms with van der Waals surface area (Å²) in [5.41, 5.74) is 5.31. The van der Waals surface area contributed by atoms with Crippen LogP contribution in [-0.4, -0.2) is 20.7 Å². The molecule has 0 aliphatic heterocycles. The number of benzene rings is 2. The minimum Gasteiger partial charge on any atom is -0.455 e. The number of pyridine rings is 1. The van der Waals surface area contributed by atoms with Gasteiger partial charge in [0.05, 0.1) is 5.69 Å². The van der Waals surface area contributed by atoms with Crippen LogP contribution < -0.4 is 0 Å². The molecule has 5 heteroatoms. The lowest BCUT2D eigenvalue weighted by Gasteiger charge is -2.40. The highest BCUT2D eigenvalue weighted by molar-refractivity contribution is 7.19. The Morgan fingerprint density at radius 1 is 0.967 bits per heavy atom. The monoisotopic (exact) mass is 409 g/mol. The molecule has 2 aromatic carbocycles. The average Bonchev–Trinajstić information content (AvgIpc) is 3.23. The van der Waals surface area contributed by atoms with Gasteiger partial charge in [0, 0.05) is 32.1 Å². The Balaban J connectivity index is 1.73. The van der Waals surface area contributed by atoms with E-state index in [4.69, 9.17) is 9.40 Å². The number of aryl methyl sites for hydroxylation is 1. The van der Waals surface area contributed by atoms with Crippen LogP contribution in [0.5, 0.6) is 0 Å². The molecule has 3 heterocycles. The first-order valence-corrected chi connectivity index (χ1v) is 11.3. The Bertz CT molecular complexity index is 1420. The highest BCUT2D eigenvalue weighted by Crippen LogP contribution is 2.40. The van der Waals surface area contributed by atoms with Gasteiger partial charge in [-0.15, -0.1) is 11.3 Å². The van der Waals surface area contributed by atoms with E-state index < -0.39 is 0 Å². The Kier molecular flexibility index (Phi) is 4.20. The molecule has 5 aromatic rings. The van der Waals surface area contributed by atoms with Crippen LogP contribution >= 0.6 is 11.3 Å². The first kappa shape index (κ1) is 19.4. The van der Waals surface area contributed by atoms with Crippen LogP contribution in [0, 0.1) is 12.3 Å². The van der Waals surface area contributed by atoms with Gasteiger partial charge in [-0.2, -0.15) is 0 Å². The molecule has 0 N–H and O–H groups in total. The van der Waals surface area contributed by atoms with Gasteiger partial charge < -0.3 is 4.42 Å². The number of rotatable bonds is 2. The largest absolute Gasteiger partial charge is 0.455 e. The van der Waals surface area contributed by atoms with Gasteiger partial charge in [0.1, 0.15) is 26.9 Å². The molecule has 148 valence electrons. The topological polar surface area (TPSA) is 26.0 Å². The van der Waals surface area contributed by atoms with Crippen LogP contribution in [0.15, 0.2) is 59.1 Å². The van der Waals surface area contributed by atoms with E-state index in [9.17, 15) is 0 Å². The fourth-order valence-electron chi connectivity index (χ4n) is 4.07. The highest BCUT2D eigenvalue weighted by atomic mass is 32.1. The molecule has 0 bridgehead atoms. The number of thiophene rings is 1. The van der Waals surface area contributed by atoms with Gasteiger partial charge in [-0.05, 0) is 54.1 Å². The minimum atomic E-state index is 0.0225. The first-order chi connectivity index (χ1) is 14.1. The number of fused-ring (bicyclic) bond motifs is 4. The summed E-state index contributed by atoms with van der Waals surface area (Å²) in [4.78, 5) is 6.05. The summed E-state index contributed by atoms with van der Waals surface area (Å²) >= 11 is 1.81. The fraction of sp³-hybridized carbons (Fsp3) is 0.240. The lowest BCUT2D eigenvalue weighted by molar-refractivity contribution is 0.358. The second kappa shape index (κ2) is 6.49. The van der Waals surface area contributed by atoms with Gasteiger partial charge in [0.2, 0.25) is 0 Å². The quantitative estimate of drug-likeness (QED) is 0.353. The van der Waals surface area contributed by atoms with Crippen LogP contribution in [0.4, 0.5) is 0 Å². The van der Waals surface area contributed by atoms with E-state index in [1.54, 1.807) is 0 Å². The third kappa shape index (κ3) is 2.91. The smallest absolute Gasteiger partial charge is 0.144 e. The average molecular weight is 409 g/mol. The number of hydrogen-bond acceptors (Lipinski definition) is 3. The molecule has 0 saturated heterocycles. The van der Waals surface area contributed by atoms with Crippen LogP contribution in [0.25, 0.3) is 43.3 Å². The van der Waals surface area contributed by atoms with Crippen molar-refractivity contribution in [2.24, 2.45) is 5.41 Å². The molecule has 0 aliphatic rings. The van der Waals surface area contributed by atoms with Crippen molar-refractivity contribution in [3.63, 3.8) is 0 Å². The van der Waals surface area contributed by atoms with Crippen LogP contribution in [-0.2, 0) is 5.21 Å². The van der Waals surface area contributed by atoms with E-state index in [1.807, 2.05) is 17.5 Å². The second-order valence-electron chi connectivity index (χ2n) is 9.83. The summed E-state index contributed by atoms with van der Waals surface area (Å²) in [6, 6.07) is 17.4. The van der Waals surface area contributed by atoms with Crippen LogP contribution in [0.2, 0.25) is 0 Å². The summed E-state index contributed by atoms with van der Waals surface area (Å²) < 4.78 is 7.69. The van der Waals surface area contributed by atoms with Crippen molar-refractivity contribution < 1.29 is 4.42 Å². The Hall–Kier alpha value is -2.52. The second-order valence-corrected chi connectivity index (χ2v) is 11.1. The Labute approximate surface area is 183 Å². The molecular formula is C25H25B2NOS. The molecule has 0 amide bonds. The van der Waals surface area contributed by atoms with Gasteiger partial charge in [-0.25, -0.2) is 0 Å². The van der Waals surface area contributed by atoms with Gasteiger partial charge in [0.15, 0.2) is 0 Å². The highest BCUT2D eigenvalue weighted by Gasteiger charge is 2.34. The molecule has 0 spiro atoms. The minimum absolute atomic E-state index is 0.0225. The predicted molar refractivity (Wildman–Crippen MR) is 135 cm³/mol. The molecule has 3 aromatic heterocycles. The van der Waals surface area contributed by atoms with E-state index in [-0.39, 0.29) is 10.6 Å². The maximum Gasteiger partial charge on any atom is 0.144 e. The van der Waals surface area contributed by atoms with E-state index in [1.165, 1.54) is 25.9 Å². The maximum atomic E-state index is 6.41. The molecule has 5 rings (SSSR count). The summed E-state index contributed by atoms with van der Waals surface area (Å²) in [5.74, 6) is 0. The van der Waals surface area contributed by atoms with Crippen molar-refractivity contribution in [2.75, 3.05) is 0 Å². The molecule has 0 radical (unpaired) electrons. The van der Waals surface area contributed by atoms with Crippen molar-refractivity contribution in [3.8, 4) is 11.3 Å². The van der Waals surface area contributed by atoms with Crippen molar-refractivity contribution in [2.45, 2.75) is 32.9 Å². The molecular weight excluding hydrogens is 384 g/mol. The van der Waals surface area contributed by atoms with Crippen molar-refractivity contribution in [1.82, 2.24) is 4.98 Å². The van der Waals surface area contributed by atoms with Gasteiger partial charge >= 0.3 is 0 Å². The van der Waals surface area contributed by atoms with Gasteiger partial charge in [-0.1, -0.05) is 43.7 Å². The number of nitrogens with zero attached hydrogens (tertiary/aromatic N) is 1. The third-order valence-electron chi connectivity index (χ3n) is 6.89. The number of aromatic nitrogens is 1. The maximum absolute atomic E-state index is 6.41. The number of hydrogen-bond donors (Lipinski definition) is 0. The molecule has 0 unspecified atom stereocenters. The van der Waals surface area contributed by atoms with Crippen molar-refractivity contribution >= 4 is 59.1 Å². The summed E-state index contributed by atoms with van der Waals surface area (Å²) in [5, 5.41) is 3.62. The first-order valence-electron chi connectivity index (χ1n) is 10.5. The zero-order valence-electron chi connectivity index (χ0n) is 18.5. The molecule has 2 nitrogen and oxygen atoms in total. The summed E-state index contributed by atoms with van der Waals surface area (Å²) in [6.07, 6.45) is 1.93. The number of para-hydroxylation sites is 1. The molecule has 30 heavy (non-hydrogen) atoms. The number of furan rings is 1. The summed E-state index contributed by atoms with van der Waals surface area (Å²) in [7, 11) is 4.62. The van der Waals surface area contributed by atoms with Crippen molar-refractivity contribution in [3.05, 3.63) is 65.2 Å².